The first-order valence-corrected chi connectivity index (χ1v) is 3.87. The van der Waals surface area contributed by atoms with Gasteiger partial charge in [-0.15, -0.1) is 16.2 Å². The Balaban J connectivity index is 2.41. The molecule has 1 aliphatic heterocycles. The molecular weight excluding hydrogens is 149 g/mol. The Morgan fingerprint density at radius 3 is 2.75 bits per heavy atom. The topological polar surface area (TPSA) is 30.7 Å². The molecule has 2 rings (SSSR count). The molecule has 1 aliphatic rings. The van der Waals surface area contributed by atoms with Crippen molar-refractivity contribution in [3.05, 3.63) is 29.8 Å². The summed E-state index contributed by atoms with van der Waals surface area (Å²) in [6, 6.07) is 0. The number of nitrogens with zero attached hydrogens (tertiary/aromatic N) is 3. The van der Waals surface area contributed by atoms with Crippen LogP contribution in [-0.2, 0) is 7.05 Å². The van der Waals surface area contributed by atoms with Crippen LogP contribution in [0.1, 0.15) is 11.6 Å². The molecule has 12 heavy (non-hydrogen) atoms. The van der Waals surface area contributed by atoms with E-state index >= 15 is 0 Å². The number of allylic oxidation sites excluding steroid dienone is 2. The molecule has 2 heterocycles. The van der Waals surface area contributed by atoms with Gasteiger partial charge in [-0.2, -0.15) is 0 Å². The predicted molar refractivity (Wildman–Crippen MR) is 48.6 cm³/mol. The maximum Gasteiger partial charge on any atom is 0.186 e. The monoisotopic (exact) mass is 158 g/mol. The number of hydrogen-bond donors (Lipinski definition) is 0. The quantitative estimate of drug-likeness (QED) is 0.563. The van der Waals surface area contributed by atoms with E-state index in [0.29, 0.717) is 0 Å². The van der Waals surface area contributed by atoms with E-state index in [1.54, 1.807) is 0 Å². The fourth-order valence-corrected chi connectivity index (χ4v) is 1.18. The van der Waals surface area contributed by atoms with E-state index in [4.69, 9.17) is 0 Å². The second kappa shape index (κ2) is 2.62. The molecule has 1 radical (unpaired) electrons. The van der Waals surface area contributed by atoms with Gasteiger partial charge < -0.3 is 4.57 Å². The van der Waals surface area contributed by atoms with Gasteiger partial charge in [0.1, 0.15) is 11.6 Å². The minimum Gasteiger partial charge on any atom is -0.315 e. The molecule has 0 atom stereocenters. The molecule has 59 valence electrons. The number of aromatic nitrogens is 3. The highest BCUT2D eigenvalue weighted by atomic mass is 15.3. The van der Waals surface area contributed by atoms with Gasteiger partial charge in [-0.05, 0) is 12.4 Å². The van der Waals surface area contributed by atoms with Crippen molar-refractivity contribution in [2.75, 3.05) is 0 Å². The van der Waals surface area contributed by atoms with Crippen molar-refractivity contribution in [2.45, 2.75) is 6.92 Å². The van der Waals surface area contributed by atoms with Crippen molar-refractivity contribution in [1.29, 1.82) is 0 Å². The number of hydrogen-bond acceptors (Lipinski definition) is 2. The van der Waals surface area contributed by atoms with Crippen molar-refractivity contribution in [2.24, 2.45) is 7.05 Å². The Hall–Kier alpha value is -1.32. The molecule has 3 nitrogen and oxygen atoms in total. The van der Waals surface area contributed by atoms with E-state index in [1.165, 1.54) is 0 Å². The van der Waals surface area contributed by atoms with Crippen LogP contribution in [0.3, 0.4) is 0 Å². The molecule has 1 aromatic rings. The van der Waals surface area contributed by atoms with Gasteiger partial charge in [-0.1, -0.05) is 12.2 Å². The summed E-state index contributed by atoms with van der Waals surface area (Å²) in [4.78, 5) is 0. The predicted octanol–water partition coefficient (Wildman–Crippen LogP) is 0.696. The van der Waals surface area contributed by atoms with Crippen molar-refractivity contribution < 1.29 is 0 Å². The molecule has 1 aromatic heterocycles. The zero-order valence-electron chi connectivity index (χ0n) is 7.15. The van der Waals surface area contributed by atoms with Gasteiger partial charge >= 0.3 is 0 Å². The first-order valence-electron chi connectivity index (χ1n) is 3.87. The molecule has 0 saturated heterocycles. The van der Waals surface area contributed by atoms with E-state index < -0.39 is 0 Å². The third-order valence-corrected chi connectivity index (χ3v) is 2.01. The van der Waals surface area contributed by atoms with Crippen LogP contribution in [0.2, 0.25) is 0 Å². The van der Waals surface area contributed by atoms with Gasteiger partial charge in [0, 0.05) is 7.05 Å². The second-order valence-electron chi connectivity index (χ2n) is 2.80. The van der Waals surface area contributed by atoms with E-state index in [1.807, 2.05) is 43.9 Å². The lowest BCUT2D eigenvalue weighted by Gasteiger charge is -2.00. The van der Waals surface area contributed by atoms with Crippen LogP contribution < -0.4 is 0 Å². The fourth-order valence-electron chi connectivity index (χ4n) is 1.18. The smallest absolute Gasteiger partial charge is 0.186 e. The molecule has 0 aliphatic carbocycles. The maximum atomic E-state index is 4.07. The van der Waals surface area contributed by atoms with E-state index in [0.717, 1.165) is 17.1 Å². The molecule has 0 amide bonds. The van der Waals surface area contributed by atoms with Crippen molar-refractivity contribution in [3.63, 3.8) is 0 Å². The van der Waals surface area contributed by atoms with Gasteiger partial charge in [0.25, 0.3) is 0 Å². The lowest BCUT2D eigenvalue weighted by Crippen LogP contribution is -2.01. The molecule has 0 spiro atoms. The highest BCUT2D eigenvalue weighted by Crippen LogP contribution is 2.14. The SMILES string of the molecule is Cc1nnc(C2=CC=C[B]2)n1C. The molecule has 0 N–H and O–H groups in total. The largest absolute Gasteiger partial charge is 0.315 e. The molecule has 0 bridgehead atoms. The third kappa shape index (κ3) is 0.997. The zero-order chi connectivity index (χ0) is 8.55. The lowest BCUT2D eigenvalue weighted by atomic mass is 9.72. The minimum atomic E-state index is 0.928. The van der Waals surface area contributed by atoms with Crippen LogP contribution in [0.4, 0.5) is 0 Å². The van der Waals surface area contributed by atoms with E-state index in [2.05, 4.69) is 10.2 Å². The first-order chi connectivity index (χ1) is 5.79. The zero-order valence-corrected chi connectivity index (χ0v) is 7.15. The summed E-state index contributed by atoms with van der Waals surface area (Å²) in [6.07, 6.45) is 4.03. The van der Waals surface area contributed by atoms with Crippen LogP contribution in [0.15, 0.2) is 18.1 Å². The maximum absolute atomic E-state index is 4.07. The first kappa shape index (κ1) is 7.34. The Bertz CT molecular complexity index is 362. The molecule has 0 unspecified atom stereocenters. The Kier molecular flexibility index (Phi) is 1.61. The number of aryl methyl sites for hydroxylation is 1. The fraction of sp³-hybridized carbons (Fsp3) is 0.250. The lowest BCUT2D eigenvalue weighted by molar-refractivity contribution is 0.847. The van der Waals surface area contributed by atoms with Crippen LogP contribution in [0, 0.1) is 6.92 Å². The summed E-state index contributed by atoms with van der Waals surface area (Å²) >= 11 is 0. The average Bonchev–Trinajstić information content (AvgIpc) is 2.64. The van der Waals surface area contributed by atoms with Crippen molar-refractivity contribution in [3.8, 4) is 0 Å². The summed E-state index contributed by atoms with van der Waals surface area (Å²) in [7, 11) is 4.00. The summed E-state index contributed by atoms with van der Waals surface area (Å²) < 4.78 is 1.98. The second-order valence-corrected chi connectivity index (χ2v) is 2.80. The van der Waals surface area contributed by atoms with E-state index in [9.17, 15) is 0 Å². The van der Waals surface area contributed by atoms with Crippen LogP contribution in [0.25, 0.3) is 5.47 Å². The van der Waals surface area contributed by atoms with Gasteiger partial charge in [0.15, 0.2) is 7.28 Å². The summed E-state index contributed by atoms with van der Waals surface area (Å²) in [5, 5.41) is 8.06. The average molecular weight is 158 g/mol. The molecule has 0 aromatic carbocycles. The van der Waals surface area contributed by atoms with Crippen molar-refractivity contribution in [1.82, 2.24) is 14.8 Å². The Morgan fingerprint density at radius 1 is 1.42 bits per heavy atom. The van der Waals surface area contributed by atoms with Gasteiger partial charge in [0.05, 0.1) is 0 Å². The Morgan fingerprint density at radius 2 is 2.25 bits per heavy atom. The third-order valence-electron chi connectivity index (χ3n) is 2.01. The van der Waals surface area contributed by atoms with Gasteiger partial charge in [0.2, 0.25) is 0 Å². The molecule has 4 heteroatoms. The van der Waals surface area contributed by atoms with Gasteiger partial charge in [-0.25, -0.2) is 0 Å². The number of rotatable bonds is 1. The van der Waals surface area contributed by atoms with Crippen LogP contribution in [0.5, 0.6) is 0 Å². The molecular formula is C8H9BN3. The minimum absolute atomic E-state index is 0.928. The van der Waals surface area contributed by atoms with Gasteiger partial charge in [-0.3, -0.25) is 0 Å². The molecule has 0 saturated carbocycles. The highest BCUT2D eigenvalue weighted by Gasteiger charge is 2.11. The van der Waals surface area contributed by atoms with Crippen molar-refractivity contribution >= 4 is 12.8 Å². The van der Waals surface area contributed by atoms with Crippen LogP contribution in [-0.4, -0.2) is 22.0 Å². The van der Waals surface area contributed by atoms with Crippen LogP contribution >= 0.6 is 0 Å². The summed E-state index contributed by atoms with van der Waals surface area (Å²) in [5.74, 6) is 3.86. The summed E-state index contributed by atoms with van der Waals surface area (Å²) in [5.41, 5.74) is 1.12. The highest BCUT2D eigenvalue weighted by molar-refractivity contribution is 6.66. The normalized spacial score (nSPS) is 14.7. The summed E-state index contributed by atoms with van der Waals surface area (Å²) in [6.45, 7) is 1.94. The Labute approximate surface area is 72.1 Å². The molecule has 0 fully saturated rings. The van der Waals surface area contributed by atoms with E-state index in [-0.39, 0.29) is 0 Å². The standard InChI is InChI=1S/C8H9BN3/c1-6-10-11-8(12(6)2)7-4-3-5-9-7/h3-5H,1-2H3.